The molecule has 2 aliphatic heterocycles. The smallest absolute Gasteiger partial charge is 0.320 e. The van der Waals surface area contributed by atoms with Gasteiger partial charge in [0.1, 0.15) is 41.9 Å². The number of hydrogen-bond acceptors (Lipinski definition) is 10. The van der Waals surface area contributed by atoms with Gasteiger partial charge in [-0.15, -0.1) is 0 Å². The van der Waals surface area contributed by atoms with Gasteiger partial charge in [0, 0.05) is 54.8 Å². The highest BCUT2D eigenvalue weighted by Crippen LogP contribution is 2.39. The van der Waals surface area contributed by atoms with E-state index in [1.165, 1.54) is 6.20 Å². The fourth-order valence-electron chi connectivity index (χ4n) is 7.59. The molecule has 4 aromatic rings. The average Bonchev–Trinajstić information content (AvgIpc) is 3.65. The molecule has 3 heterocycles. The number of aromatic nitrogens is 1. The molecule has 58 heavy (non-hydrogen) atoms. The fourth-order valence-corrected chi connectivity index (χ4v) is 8.12. The second kappa shape index (κ2) is 19.2. The van der Waals surface area contributed by atoms with Crippen LogP contribution in [0.5, 0.6) is 17.2 Å². The number of primary amides is 1. The van der Waals surface area contributed by atoms with Gasteiger partial charge in [0.2, 0.25) is 5.91 Å². The summed E-state index contributed by atoms with van der Waals surface area (Å²) in [6.45, 7) is 4.68. The second-order valence-corrected chi connectivity index (χ2v) is 15.7. The SMILES string of the molecule is Cc1c(COc2cc(OCc3cncc(C(N)=O)c3)c(CN3CCCC[C@H]3C(=O)O)cc2Cl)cccc1-c1cccc(OCCCN2CCC(CO)(C(=O)O)C2)c1Cl. The number of pyridine rings is 1. The zero-order chi connectivity index (χ0) is 41.4. The molecule has 15 heteroatoms. The van der Waals surface area contributed by atoms with Gasteiger partial charge in [0.15, 0.2) is 0 Å². The van der Waals surface area contributed by atoms with Crippen molar-refractivity contribution in [3.05, 3.63) is 105 Å². The molecule has 5 N–H and O–H groups in total. The third-order valence-corrected chi connectivity index (χ3v) is 11.7. The molecular weight excluding hydrogens is 787 g/mol. The number of amides is 1. The van der Waals surface area contributed by atoms with Crippen LogP contribution >= 0.6 is 23.2 Å². The summed E-state index contributed by atoms with van der Waals surface area (Å²) in [6.07, 6.45) is 6.31. The Balaban J connectivity index is 1.16. The van der Waals surface area contributed by atoms with Gasteiger partial charge in [-0.05, 0) is 80.6 Å². The number of rotatable bonds is 18. The quantitative estimate of drug-likeness (QED) is 0.0789. The average molecular weight is 836 g/mol. The number of carbonyl (C=O) groups excluding carboxylic acids is 1. The maximum atomic E-state index is 12.1. The van der Waals surface area contributed by atoms with Crippen molar-refractivity contribution >= 4 is 41.0 Å². The predicted octanol–water partition coefficient (Wildman–Crippen LogP) is 6.60. The summed E-state index contributed by atoms with van der Waals surface area (Å²) in [7, 11) is 0. The maximum absolute atomic E-state index is 12.1. The molecule has 0 saturated carbocycles. The number of nitrogens with two attached hydrogens (primary N) is 1. The lowest BCUT2D eigenvalue weighted by Gasteiger charge is -2.33. The molecule has 2 aliphatic rings. The fraction of sp³-hybridized carbons (Fsp3) is 0.395. The normalized spacial score (nSPS) is 18.5. The number of carboxylic acid groups (broad SMARTS) is 2. The predicted molar refractivity (Wildman–Crippen MR) is 219 cm³/mol. The molecule has 2 saturated heterocycles. The Morgan fingerprint density at radius 2 is 1.69 bits per heavy atom. The maximum Gasteiger partial charge on any atom is 0.320 e. The third-order valence-electron chi connectivity index (χ3n) is 11.0. The van der Waals surface area contributed by atoms with Crippen LogP contribution in [0.4, 0.5) is 0 Å². The van der Waals surface area contributed by atoms with Gasteiger partial charge < -0.3 is 40.2 Å². The number of aliphatic carboxylic acids is 2. The van der Waals surface area contributed by atoms with E-state index in [0.29, 0.717) is 97.0 Å². The molecule has 2 atom stereocenters. The minimum Gasteiger partial charge on any atom is -0.492 e. The van der Waals surface area contributed by atoms with E-state index in [0.717, 1.165) is 35.1 Å². The van der Waals surface area contributed by atoms with Gasteiger partial charge >= 0.3 is 11.9 Å². The molecule has 2 fully saturated rings. The molecule has 0 radical (unpaired) electrons. The van der Waals surface area contributed by atoms with Gasteiger partial charge in [0.25, 0.3) is 0 Å². The first kappa shape index (κ1) is 42.7. The van der Waals surface area contributed by atoms with Crippen molar-refractivity contribution in [1.82, 2.24) is 14.8 Å². The number of nitrogens with zero attached hydrogens (tertiary/aromatic N) is 3. The number of likely N-dealkylation sites (tertiary alicyclic amines) is 2. The summed E-state index contributed by atoms with van der Waals surface area (Å²) >= 11 is 13.8. The molecule has 0 aliphatic carbocycles. The van der Waals surface area contributed by atoms with E-state index >= 15 is 0 Å². The highest BCUT2D eigenvalue weighted by molar-refractivity contribution is 6.35. The van der Waals surface area contributed by atoms with Crippen LogP contribution in [-0.4, -0.2) is 93.4 Å². The lowest BCUT2D eigenvalue weighted by Crippen LogP contribution is -2.44. The Morgan fingerprint density at radius 3 is 2.43 bits per heavy atom. The zero-order valence-corrected chi connectivity index (χ0v) is 33.8. The van der Waals surface area contributed by atoms with Crippen molar-refractivity contribution in [2.75, 3.05) is 39.4 Å². The topological polar surface area (TPSA) is 185 Å². The van der Waals surface area contributed by atoms with Crippen molar-refractivity contribution < 1.29 is 43.9 Å². The van der Waals surface area contributed by atoms with E-state index in [2.05, 4.69) is 4.98 Å². The number of benzene rings is 3. The zero-order valence-electron chi connectivity index (χ0n) is 32.3. The monoisotopic (exact) mass is 834 g/mol. The number of carboxylic acids is 2. The van der Waals surface area contributed by atoms with E-state index in [1.807, 2.05) is 53.1 Å². The van der Waals surface area contributed by atoms with Crippen LogP contribution in [0.1, 0.15) is 64.7 Å². The number of ether oxygens (including phenoxy) is 3. The Labute approximate surface area is 347 Å². The second-order valence-electron chi connectivity index (χ2n) is 14.9. The van der Waals surface area contributed by atoms with Gasteiger partial charge in [0.05, 0.1) is 28.8 Å². The van der Waals surface area contributed by atoms with E-state index < -0.39 is 29.3 Å². The van der Waals surface area contributed by atoms with E-state index in [9.17, 15) is 29.7 Å². The van der Waals surface area contributed by atoms with Crippen molar-refractivity contribution in [2.24, 2.45) is 11.1 Å². The molecule has 1 amide bonds. The third kappa shape index (κ3) is 10.0. The van der Waals surface area contributed by atoms with E-state index in [4.69, 9.17) is 43.1 Å². The molecule has 1 aromatic heterocycles. The van der Waals surface area contributed by atoms with Crippen LogP contribution in [0.2, 0.25) is 10.0 Å². The number of halogens is 2. The van der Waals surface area contributed by atoms with Crippen molar-refractivity contribution in [3.8, 4) is 28.4 Å². The molecule has 0 bridgehead atoms. The lowest BCUT2D eigenvalue weighted by molar-refractivity contribution is -0.150. The molecule has 0 spiro atoms. The number of hydrogen-bond donors (Lipinski definition) is 4. The first-order valence-electron chi connectivity index (χ1n) is 19.2. The lowest BCUT2D eigenvalue weighted by atomic mass is 9.88. The Morgan fingerprint density at radius 1 is 0.914 bits per heavy atom. The minimum absolute atomic E-state index is 0.0612. The molecule has 6 rings (SSSR count). The summed E-state index contributed by atoms with van der Waals surface area (Å²) in [5, 5.41) is 29.9. The van der Waals surface area contributed by atoms with Gasteiger partial charge in [-0.2, -0.15) is 0 Å². The van der Waals surface area contributed by atoms with Crippen LogP contribution in [0, 0.1) is 12.3 Å². The Hall–Kier alpha value is -4.92. The van der Waals surface area contributed by atoms with Crippen LogP contribution in [0.25, 0.3) is 11.1 Å². The highest BCUT2D eigenvalue weighted by atomic mass is 35.5. The van der Waals surface area contributed by atoms with Crippen LogP contribution < -0.4 is 19.9 Å². The van der Waals surface area contributed by atoms with Crippen molar-refractivity contribution in [2.45, 2.75) is 64.8 Å². The molecule has 308 valence electrons. The molecular formula is C43H48Cl2N4O9. The van der Waals surface area contributed by atoms with Gasteiger partial charge in [-0.1, -0.05) is 60.0 Å². The molecule has 13 nitrogen and oxygen atoms in total. The summed E-state index contributed by atoms with van der Waals surface area (Å²) < 4.78 is 18.7. The number of piperidine rings is 1. The first-order chi connectivity index (χ1) is 27.9. The first-order valence-corrected chi connectivity index (χ1v) is 20.0. The number of aliphatic hydroxyl groups is 1. The van der Waals surface area contributed by atoms with E-state index in [1.54, 1.807) is 24.4 Å². The van der Waals surface area contributed by atoms with E-state index in [-0.39, 0.29) is 25.4 Å². The van der Waals surface area contributed by atoms with Crippen LogP contribution in [-0.2, 0) is 29.3 Å². The highest BCUT2D eigenvalue weighted by Gasteiger charge is 2.44. The summed E-state index contributed by atoms with van der Waals surface area (Å²) in [5.74, 6) is -1.09. The summed E-state index contributed by atoms with van der Waals surface area (Å²) in [4.78, 5) is 43.6. The standard InChI is InChI=1S/C43H48Cl2N4O9/c1-27-29(7-4-8-32(27)33-9-5-11-36(39(33)45)56-16-6-13-48-15-12-43(25-48,26-50)42(54)55)24-58-38-19-37(57-23-28-17-30(40(46)51)21-47-20-28)31(18-34(38)44)22-49-14-3-2-10-35(49)41(52)53/h4-5,7-9,11,17-21,35,50H,2-3,6,10,12-16,22-26H2,1H3,(H2,46,51)(H,52,53)(H,54,55)/t35-,43?/m0/s1. The number of aliphatic hydroxyl groups excluding tert-OH is 1. The van der Waals surface area contributed by atoms with Crippen LogP contribution in [0.3, 0.4) is 0 Å². The molecule has 1 unspecified atom stereocenters. The Kier molecular flexibility index (Phi) is 14.1. The van der Waals surface area contributed by atoms with Gasteiger partial charge in [-0.3, -0.25) is 24.3 Å². The summed E-state index contributed by atoms with van der Waals surface area (Å²) in [5.41, 5.74) is 9.44. The van der Waals surface area contributed by atoms with Crippen LogP contribution in [0.15, 0.2) is 67.0 Å². The summed E-state index contributed by atoms with van der Waals surface area (Å²) in [6, 6.07) is 15.9. The van der Waals surface area contributed by atoms with Crippen molar-refractivity contribution in [1.29, 1.82) is 0 Å². The number of carbonyl (C=O) groups is 3. The van der Waals surface area contributed by atoms with Crippen molar-refractivity contribution in [3.63, 3.8) is 0 Å². The largest absolute Gasteiger partial charge is 0.492 e. The molecule has 3 aromatic carbocycles. The minimum atomic E-state index is -1.10. The van der Waals surface area contributed by atoms with Gasteiger partial charge in [-0.25, -0.2) is 0 Å². The Bertz CT molecular complexity index is 2140.